The van der Waals surface area contributed by atoms with E-state index in [9.17, 15) is 28.8 Å². The van der Waals surface area contributed by atoms with Gasteiger partial charge in [-0.15, -0.1) is 0 Å². The van der Waals surface area contributed by atoms with Crippen LogP contribution in [0.25, 0.3) is 0 Å². The third kappa shape index (κ3) is 5.61. The van der Waals surface area contributed by atoms with Gasteiger partial charge in [-0.1, -0.05) is 0 Å². The van der Waals surface area contributed by atoms with Crippen molar-refractivity contribution in [1.29, 1.82) is 0 Å². The second-order valence-corrected chi connectivity index (χ2v) is 10.6. The molecule has 0 aromatic heterocycles. The zero-order chi connectivity index (χ0) is 26.3. The molecular formula is C22H34N4O8. The van der Waals surface area contributed by atoms with Crippen LogP contribution in [0.2, 0.25) is 0 Å². The molecule has 0 aromatic rings. The molecule has 0 atom stereocenters. The van der Waals surface area contributed by atoms with Crippen molar-refractivity contribution in [1.82, 2.24) is 20.4 Å². The highest BCUT2D eigenvalue weighted by Crippen LogP contribution is 2.24. The van der Waals surface area contributed by atoms with E-state index in [1.165, 1.54) is 0 Å². The van der Waals surface area contributed by atoms with Gasteiger partial charge in [0.05, 0.1) is 22.2 Å². The lowest BCUT2D eigenvalue weighted by Crippen LogP contribution is -2.73. The van der Waals surface area contributed by atoms with E-state index >= 15 is 0 Å². The molecule has 2 aliphatic rings. The topological polar surface area (TPSA) is 151 Å². The first-order chi connectivity index (χ1) is 15.3. The average molecular weight is 483 g/mol. The molecule has 4 amide bonds. The van der Waals surface area contributed by atoms with Crippen LogP contribution >= 0.6 is 0 Å². The average Bonchev–Trinajstić information content (AvgIpc) is 2.68. The Hall–Kier alpha value is -2.86. The predicted octanol–water partition coefficient (Wildman–Crippen LogP) is -0.896. The van der Waals surface area contributed by atoms with Crippen molar-refractivity contribution >= 4 is 35.6 Å². The molecule has 34 heavy (non-hydrogen) atoms. The maximum Gasteiger partial charge on any atom is 0.326 e. The number of ether oxygens (including phenoxy) is 2. The molecule has 2 heterocycles. The van der Waals surface area contributed by atoms with Gasteiger partial charge in [0.1, 0.15) is 26.3 Å². The van der Waals surface area contributed by atoms with Crippen LogP contribution in [-0.2, 0) is 38.2 Å². The van der Waals surface area contributed by atoms with E-state index in [0.29, 0.717) is 0 Å². The van der Waals surface area contributed by atoms with Crippen LogP contribution in [0.15, 0.2) is 0 Å². The van der Waals surface area contributed by atoms with Crippen molar-refractivity contribution in [2.75, 3.05) is 26.3 Å². The molecule has 0 bridgehead atoms. The Balaban J connectivity index is 1.85. The number of hydrogen-bond acceptors (Lipinski definition) is 10. The SMILES string of the molecule is CC1(C)NC(C)(C)C(=O)N(CC(=O)OCCOC(=O)CN2C(=O)C(C)(C)NC(C)(C)C2=O)C1=O. The molecule has 0 aliphatic carbocycles. The summed E-state index contributed by atoms with van der Waals surface area (Å²) in [5.74, 6) is -3.93. The van der Waals surface area contributed by atoms with E-state index in [0.717, 1.165) is 9.80 Å². The Bertz CT molecular complexity index is 796. The molecule has 190 valence electrons. The maximum atomic E-state index is 12.5. The summed E-state index contributed by atoms with van der Waals surface area (Å²) >= 11 is 0. The minimum atomic E-state index is -1.05. The van der Waals surface area contributed by atoms with E-state index in [1.54, 1.807) is 55.4 Å². The quantitative estimate of drug-likeness (QED) is 0.265. The molecule has 0 saturated carbocycles. The monoisotopic (exact) mass is 482 g/mol. The number of carbonyl (C=O) groups is 6. The third-order valence-corrected chi connectivity index (χ3v) is 5.55. The van der Waals surface area contributed by atoms with Gasteiger partial charge in [0.2, 0.25) is 23.6 Å². The molecule has 2 N–H and O–H groups in total. The zero-order valence-electron chi connectivity index (χ0n) is 21.0. The molecular weight excluding hydrogens is 448 g/mol. The van der Waals surface area contributed by atoms with Gasteiger partial charge in [-0.25, -0.2) is 0 Å². The second-order valence-electron chi connectivity index (χ2n) is 10.6. The molecule has 2 saturated heterocycles. The fourth-order valence-electron chi connectivity index (χ4n) is 4.26. The van der Waals surface area contributed by atoms with Crippen LogP contribution < -0.4 is 10.6 Å². The number of imide groups is 2. The summed E-state index contributed by atoms with van der Waals surface area (Å²) in [7, 11) is 0. The molecule has 0 radical (unpaired) electrons. The fraction of sp³-hybridized carbons (Fsp3) is 0.727. The molecule has 2 rings (SSSR count). The minimum Gasteiger partial charge on any atom is -0.461 e. The summed E-state index contributed by atoms with van der Waals surface area (Å²) in [5.41, 5.74) is -4.19. The van der Waals surface area contributed by atoms with Crippen molar-refractivity contribution in [2.24, 2.45) is 0 Å². The van der Waals surface area contributed by atoms with Crippen molar-refractivity contribution < 1.29 is 38.2 Å². The number of piperazine rings is 2. The highest BCUT2D eigenvalue weighted by molar-refractivity contribution is 6.08. The molecule has 12 heteroatoms. The van der Waals surface area contributed by atoms with Gasteiger partial charge in [-0.05, 0) is 55.4 Å². The summed E-state index contributed by atoms with van der Waals surface area (Å²) in [5, 5.41) is 5.89. The van der Waals surface area contributed by atoms with Crippen molar-refractivity contribution in [3.63, 3.8) is 0 Å². The van der Waals surface area contributed by atoms with Gasteiger partial charge in [0.25, 0.3) is 0 Å². The van der Waals surface area contributed by atoms with Crippen molar-refractivity contribution in [3.8, 4) is 0 Å². The number of hydrogen-bond donors (Lipinski definition) is 2. The molecule has 0 spiro atoms. The van der Waals surface area contributed by atoms with E-state index in [4.69, 9.17) is 9.47 Å². The second kappa shape index (κ2) is 9.06. The summed E-state index contributed by atoms with van der Waals surface area (Å²) in [6.45, 7) is 11.1. The molecule has 0 unspecified atom stereocenters. The van der Waals surface area contributed by atoms with Crippen LogP contribution in [0, 0.1) is 0 Å². The van der Waals surface area contributed by atoms with Crippen LogP contribution in [0.5, 0.6) is 0 Å². The third-order valence-electron chi connectivity index (χ3n) is 5.55. The van der Waals surface area contributed by atoms with Gasteiger partial charge in [-0.3, -0.25) is 49.2 Å². The first kappa shape index (κ1) is 27.4. The van der Waals surface area contributed by atoms with Gasteiger partial charge in [0.15, 0.2) is 0 Å². The van der Waals surface area contributed by atoms with Gasteiger partial charge in [0, 0.05) is 0 Å². The maximum absolute atomic E-state index is 12.5. The highest BCUT2D eigenvalue weighted by Gasteiger charge is 2.51. The van der Waals surface area contributed by atoms with Crippen LogP contribution in [0.3, 0.4) is 0 Å². The first-order valence-electron chi connectivity index (χ1n) is 10.9. The van der Waals surface area contributed by atoms with Crippen LogP contribution in [-0.4, -0.2) is 93.8 Å². The zero-order valence-corrected chi connectivity index (χ0v) is 21.0. The number of nitrogens with zero attached hydrogens (tertiary/aromatic N) is 2. The predicted molar refractivity (Wildman–Crippen MR) is 118 cm³/mol. The summed E-state index contributed by atoms with van der Waals surface area (Å²) in [4.78, 5) is 76.2. The first-order valence-corrected chi connectivity index (χ1v) is 10.9. The lowest BCUT2D eigenvalue weighted by atomic mass is 9.90. The lowest BCUT2D eigenvalue weighted by Gasteiger charge is -2.45. The van der Waals surface area contributed by atoms with E-state index < -0.39 is 70.8 Å². The molecule has 2 fully saturated rings. The van der Waals surface area contributed by atoms with Gasteiger partial charge in [-0.2, -0.15) is 0 Å². The number of amides is 4. The normalized spacial score (nSPS) is 23.1. The number of rotatable bonds is 7. The summed E-state index contributed by atoms with van der Waals surface area (Å²) in [6.07, 6.45) is 0. The van der Waals surface area contributed by atoms with E-state index in [1.807, 2.05) is 0 Å². The minimum absolute atomic E-state index is 0.327. The smallest absolute Gasteiger partial charge is 0.326 e. The van der Waals surface area contributed by atoms with E-state index in [-0.39, 0.29) is 13.2 Å². The van der Waals surface area contributed by atoms with Gasteiger partial charge < -0.3 is 9.47 Å². The molecule has 2 aliphatic heterocycles. The molecule has 12 nitrogen and oxygen atoms in total. The van der Waals surface area contributed by atoms with Crippen molar-refractivity contribution in [2.45, 2.75) is 77.5 Å². The summed E-state index contributed by atoms with van der Waals surface area (Å²) < 4.78 is 9.97. The number of carbonyl (C=O) groups excluding carboxylic acids is 6. The fourth-order valence-corrected chi connectivity index (χ4v) is 4.26. The Labute approximate surface area is 198 Å². The van der Waals surface area contributed by atoms with Crippen molar-refractivity contribution in [3.05, 3.63) is 0 Å². The van der Waals surface area contributed by atoms with Gasteiger partial charge >= 0.3 is 11.9 Å². The standard InChI is InChI=1S/C22H34N4O8/c1-19(2)15(29)25(16(30)20(3,4)23-19)11-13(27)33-9-10-34-14(28)12-26-17(31)21(5,6)24-22(7,8)18(26)32/h23-24H,9-12H2,1-8H3. The highest BCUT2D eigenvalue weighted by atomic mass is 16.6. The summed E-state index contributed by atoms with van der Waals surface area (Å²) in [6, 6.07) is 0. The van der Waals surface area contributed by atoms with E-state index in [2.05, 4.69) is 10.6 Å². The largest absolute Gasteiger partial charge is 0.461 e. The lowest BCUT2D eigenvalue weighted by molar-refractivity contribution is -0.167. The van der Waals surface area contributed by atoms with Crippen LogP contribution in [0.1, 0.15) is 55.4 Å². The molecule has 0 aromatic carbocycles. The number of esters is 2. The Morgan fingerprint density at radius 3 is 1.06 bits per heavy atom. The number of nitrogens with one attached hydrogen (secondary N) is 2. The van der Waals surface area contributed by atoms with Crippen LogP contribution in [0.4, 0.5) is 0 Å². The Morgan fingerprint density at radius 1 is 0.588 bits per heavy atom. The Morgan fingerprint density at radius 2 is 0.824 bits per heavy atom. The Kier molecular flexibility index (Phi) is 7.30.